The van der Waals surface area contributed by atoms with E-state index in [-0.39, 0.29) is 18.1 Å². The van der Waals surface area contributed by atoms with Gasteiger partial charge in [-0.15, -0.1) is 0 Å². The van der Waals surface area contributed by atoms with Gasteiger partial charge in [0.05, 0.1) is 17.0 Å². The van der Waals surface area contributed by atoms with E-state index < -0.39 is 11.9 Å². The molecule has 3 aromatic carbocycles. The standard InChI is InChI=1S/C26H18Br2N2O5/c27-19-13-18(25(21(28)14-19)35-26(32)23-11-6-12-33-23)15-29-30-24(31)16-34-22-10-5-4-9-20(22)17-7-2-1-3-8-17/h1-15H,16H2,(H,30,31). The molecule has 35 heavy (non-hydrogen) atoms. The van der Waals surface area contributed by atoms with Gasteiger partial charge in [0.25, 0.3) is 5.91 Å². The summed E-state index contributed by atoms with van der Waals surface area (Å²) >= 11 is 6.77. The lowest BCUT2D eigenvalue weighted by Gasteiger charge is -2.11. The Morgan fingerprint density at radius 1 is 0.971 bits per heavy atom. The summed E-state index contributed by atoms with van der Waals surface area (Å²) in [6, 6.07) is 23.7. The first-order valence-electron chi connectivity index (χ1n) is 10.3. The van der Waals surface area contributed by atoms with Gasteiger partial charge in [0.15, 0.2) is 12.4 Å². The number of hydrazone groups is 1. The summed E-state index contributed by atoms with van der Waals surface area (Å²) in [7, 11) is 0. The second-order valence-corrected chi connectivity index (χ2v) is 8.89. The maximum atomic E-state index is 12.3. The number of carbonyl (C=O) groups excluding carboxylic acids is 2. The van der Waals surface area contributed by atoms with Crippen LogP contribution in [0.15, 0.2) is 104 Å². The van der Waals surface area contributed by atoms with Gasteiger partial charge in [0, 0.05) is 15.6 Å². The third kappa shape index (κ3) is 6.46. The quantitative estimate of drug-likeness (QED) is 0.113. The zero-order chi connectivity index (χ0) is 24.6. The molecule has 4 aromatic rings. The van der Waals surface area contributed by atoms with Crippen LogP contribution in [0.5, 0.6) is 11.5 Å². The SMILES string of the molecule is O=C(COc1ccccc1-c1ccccc1)NN=Cc1cc(Br)cc(Br)c1OC(=O)c1ccco1. The van der Waals surface area contributed by atoms with Crippen molar-refractivity contribution < 1.29 is 23.5 Å². The first kappa shape index (κ1) is 24.4. The van der Waals surface area contributed by atoms with Crippen molar-refractivity contribution in [2.45, 2.75) is 0 Å². The molecule has 9 heteroatoms. The topological polar surface area (TPSA) is 90.1 Å². The number of rotatable bonds is 8. The fraction of sp³-hybridized carbons (Fsp3) is 0.0385. The third-order valence-electron chi connectivity index (χ3n) is 4.68. The van der Waals surface area contributed by atoms with Crippen LogP contribution in [-0.2, 0) is 4.79 Å². The molecule has 0 aliphatic carbocycles. The van der Waals surface area contributed by atoms with E-state index in [1.807, 2.05) is 48.5 Å². The highest BCUT2D eigenvalue weighted by Crippen LogP contribution is 2.33. The van der Waals surface area contributed by atoms with E-state index in [2.05, 4.69) is 42.4 Å². The van der Waals surface area contributed by atoms with E-state index in [4.69, 9.17) is 13.9 Å². The Morgan fingerprint density at radius 3 is 2.51 bits per heavy atom. The van der Waals surface area contributed by atoms with Crippen molar-refractivity contribution in [1.82, 2.24) is 5.43 Å². The highest BCUT2D eigenvalue weighted by molar-refractivity contribution is 9.11. The van der Waals surface area contributed by atoms with Crippen LogP contribution in [0, 0.1) is 0 Å². The van der Waals surface area contributed by atoms with E-state index in [0.29, 0.717) is 15.8 Å². The summed E-state index contributed by atoms with van der Waals surface area (Å²) in [5, 5.41) is 3.99. The summed E-state index contributed by atoms with van der Waals surface area (Å²) in [5.74, 6) is -0.250. The molecular weight excluding hydrogens is 580 g/mol. The molecule has 0 aliphatic rings. The minimum atomic E-state index is -0.665. The molecule has 0 spiro atoms. The molecule has 4 rings (SSSR count). The number of hydrogen-bond donors (Lipinski definition) is 1. The van der Waals surface area contributed by atoms with Gasteiger partial charge in [-0.05, 0) is 51.8 Å². The van der Waals surface area contributed by atoms with Gasteiger partial charge >= 0.3 is 5.97 Å². The van der Waals surface area contributed by atoms with Crippen LogP contribution in [-0.4, -0.2) is 24.7 Å². The smallest absolute Gasteiger partial charge is 0.379 e. The summed E-state index contributed by atoms with van der Waals surface area (Å²) in [6.07, 6.45) is 2.75. The van der Waals surface area contributed by atoms with Gasteiger partial charge in [-0.2, -0.15) is 5.10 Å². The van der Waals surface area contributed by atoms with Crippen LogP contribution in [0.3, 0.4) is 0 Å². The van der Waals surface area contributed by atoms with Gasteiger partial charge < -0.3 is 13.9 Å². The monoisotopic (exact) mass is 596 g/mol. The maximum absolute atomic E-state index is 12.3. The number of amides is 1. The fourth-order valence-corrected chi connectivity index (χ4v) is 4.46. The number of hydrogen-bond acceptors (Lipinski definition) is 6. The van der Waals surface area contributed by atoms with E-state index in [1.54, 1.807) is 24.3 Å². The van der Waals surface area contributed by atoms with E-state index in [0.717, 1.165) is 15.6 Å². The molecule has 1 heterocycles. The molecule has 1 N–H and O–H groups in total. The van der Waals surface area contributed by atoms with E-state index in [1.165, 1.54) is 18.5 Å². The molecule has 0 saturated heterocycles. The highest BCUT2D eigenvalue weighted by atomic mass is 79.9. The van der Waals surface area contributed by atoms with Crippen molar-refractivity contribution in [1.29, 1.82) is 0 Å². The summed E-state index contributed by atoms with van der Waals surface area (Å²) in [5.41, 5.74) is 4.74. The van der Waals surface area contributed by atoms with E-state index in [9.17, 15) is 9.59 Å². The Balaban J connectivity index is 1.41. The van der Waals surface area contributed by atoms with Crippen molar-refractivity contribution >= 4 is 50.0 Å². The van der Waals surface area contributed by atoms with Crippen molar-refractivity contribution in [3.05, 3.63) is 105 Å². The van der Waals surface area contributed by atoms with E-state index >= 15 is 0 Å². The van der Waals surface area contributed by atoms with Gasteiger partial charge in [-0.25, -0.2) is 10.2 Å². The predicted molar refractivity (Wildman–Crippen MR) is 139 cm³/mol. The van der Waals surface area contributed by atoms with Gasteiger partial charge in [-0.1, -0.05) is 64.5 Å². The number of benzene rings is 3. The highest BCUT2D eigenvalue weighted by Gasteiger charge is 2.17. The summed E-state index contributed by atoms with van der Waals surface area (Å²) in [6.45, 7) is -0.232. The minimum Gasteiger partial charge on any atom is -0.483 e. The zero-order valence-electron chi connectivity index (χ0n) is 18.1. The second kappa shape index (κ2) is 11.6. The number of esters is 1. The molecule has 1 aromatic heterocycles. The molecule has 0 fully saturated rings. The fourth-order valence-electron chi connectivity index (χ4n) is 3.12. The molecule has 0 atom stereocenters. The van der Waals surface area contributed by atoms with Crippen LogP contribution < -0.4 is 14.9 Å². The van der Waals surface area contributed by atoms with Crippen molar-refractivity contribution in [2.24, 2.45) is 5.10 Å². The van der Waals surface area contributed by atoms with Crippen LogP contribution in [0.1, 0.15) is 16.1 Å². The number of nitrogens with one attached hydrogen (secondary N) is 1. The lowest BCUT2D eigenvalue weighted by atomic mass is 10.1. The molecule has 0 bridgehead atoms. The number of para-hydroxylation sites is 1. The Labute approximate surface area is 218 Å². The van der Waals surface area contributed by atoms with Crippen molar-refractivity contribution in [2.75, 3.05) is 6.61 Å². The van der Waals surface area contributed by atoms with Gasteiger partial charge in [0.1, 0.15) is 5.75 Å². The van der Waals surface area contributed by atoms with Crippen LogP contribution in [0.25, 0.3) is 11.1 Å². The van der Waals surface area contributed by atoms with Gasteiger partial charge in [-0.3, -0.25) is 4.79 Å². The Bertz CT molecular complexity index is 1360. The first-order chi connectivity index (χ1) is 17.0. The number of nitrogens with zero attached hydrogens (tertiary/aromatic N) is 1. The lowest BCUT2D eigenvalue weighted by Crippen LogP contribution is -2.24. The third-order valence-corrected chi connectivity index (χ3v) is 5.72. The minimum absolute atomic E-state index is 0.0592. The first-order valence-corrected chi connectivity index (χ1v) is 11.9. The van der Waals surface area contributed by atoms with Crippen LogP contribution >= 0.6 is 31.9 Å². The average Bonchev–Trinajstić information content (AvgIpc) is 3.41. The number of ether oxygens (including phenoxy) is 2. The maximum Gasteiger partial charge on any atom is 0.379 e. The Morgan fingerprint density at radius 2 is 1.74 bits per heavy atom. The Kier molecular flexibility index (Phi) is 8.12. The van der Waals surface area contributed by atoms with Crippen LogP contribution in [0.2, 0.25) is 0 Å². The van der Waals surface area contributed by atoms with Crippen LogP contribution in [0.4, 0.5) is 0 Å². The number of halogens is 2. The summed E-state index contributed by atoms with van der Waals surface area (Å²) < 4.78 is 17.5. The van der Waals surface area contributed by atoms with Crippen molar-refractivity contribution in [3.63, 3.8) is 0 Å². The predicted octanol–water partition coefficient (Wildman–Crippen LogP) is 6.22. The second-order valence-electron chi connectivity index (χ2n) is 7.12. The number of carbonyl (C=O) groups is 2. The van der Waals surface area contributed by atoms with Crippen molar-refractivity contribution in [3.8, 4) is 22.6 Å². The summed E-state index contributed by atoms with van der Waals surface area (Å²) in [4.78, 5) is 24.7. The average molecular weight is 598 g/mol. The molecule has 7 nitrogen and oxygen atoms in total. The molecule has 0 saturated carbocycles. The largest absolute Gasteiger partial charge is 0.483 e. The zero-order valence-corrected chi connectivity index (χ0v) is 21.3. The molecule has 0 radical (unpaired) electrons. The molecular formula is C26H18Br2N2O5. The van der Waals surface area contributed by atoms with Gasteiger partial charge in [0.2, 0.25) is 5.76 Å². The lowest BCUT2D eigenvalue weighted by molar-refractivity contribution is -0.123. The molecule has 176 valence electrons. The normalized spacial score (nSPS) is 10.8. The molecule has 0 unspecified atom stereocenters. The molecule has 1 amide bonds. The Hall–Kier alpha value is -3.69. The number of furan rings is 1. The molecule has 0 aliphatic heterocycles.